The van der Waals surface area contributed by atoms with Gasteiger partial charge in [-0.25, -0.2) is 4.39 Å². The molecule has 54 valence electrons. The van der Waals surface area contributed by atoms with Crippen LogP contribution in [0.5, 0.6) is 0 Å². The largest absolute Gasteiger partial charge is 0.315 e. The van der Waals surface area contributed by atoms with E-state index in [1.807, 2.05) is 0 Å². The van der Waals surface area contributed by atoms with Crippen molar-refractivity contribution in [1.29, 1.82) is 0 Å². The number of rotatable bonds is 0. The lowest BCUT2D eigenvalue weighted by atomic mass is 10.1. The monoisotopic (exact) mass is 141 g/mol. The Morgan fingerprint density at radius 1 is 1.90 bits per heavy atom. The summed E-state index contributed by atoms with van der Waals surface area (Å²) in [5.41, 5.74) is 0. The van der Waals surface area contributed by atoms with Crippen LogP contribution in [0, 0.1) is 18.3 Å². The van der Waals surface area contributed by atoms with Crippen LogP contribution in [0.1, 0.15) is 6.42 Å². The van der Waals surface area contributed by atoms with Crippen molar-refractivity contribution in [2.24, 2.45) is 5.92 Å². The van der Waals surface area contributed by atoms with Crippen LogP contribution in [0.2, 0.25) is 0 Å². The molecule has 2 atom stereocenters. The molecule has 10 heavy (non-hydrogen) atoms. The molecule has 0 aromatic heterocycles. The lowest BCUT2D eigenvalue weighted by Crippen LogP contribution is -2.26. The maximum absolute atomic E-state index is 12.8. The van der Waals surface area contributed by atoms with Crippen LogP contribution >= 0.6 is 0 Å². The molecular formula is C7H8FNO. The van der Waals surface area contributed by atoms with E-state index >= 15 is 0 Å². The van der Waals surface area contributed by atoms with E-state index in [2.05, 4.69) is 5.92 Å². The number of nitrogens with zero attached hydrogens (tertiary/aromatic N) is 1. The van der Waals surface area contributed by atoms with Gasteiger partial charge >= 0.3 is 0 Å². The maximum atomic E-state index is 12.8. The van der Waals surface area contributed by atoms with E-state index in [0.29, 0.717) is 0 Å². The Morgan fingerprint density at radius 2 is 2.50 bits per heavy atom. The summed E-state index contributed by atoms with van der Waals surface area (Å²) in [6.45, 7) is 0. The van der Waals surface area contributed by atoms with Crippen molar-refractivity contribution in [3.8, 4) is 12.3 Å². The third-order valence-electron chi connectivity index (χ3n) is 1.70. The Hall–Kier alpha value is -1.04. The molecule has 0 radical (unpaired) electrons. The van der Waals surface area contributed by atoms with E-state index < -0.39 is 12.2 Å². The highest BCUT2D eigenvalue weighted by Crippen LogP contribution is 2.23. The molecule has 0 aromatic carbocycles. The summed E-state index contributed by atoms with van der Waals surface area (Å²) in [6, 6.07) is 0. The van der Waals surface area contributed by atoms with Crippen molar-refractivity contribution in [3.63, 3.8) is 0 Å². The zero-order valence-corrected chi connectivity index (χ0v) is 5.67. The minimum atomic E-state index is -1.28. The Bertz CT molecular complexity index is 196. The number of terminal acetylenes is 1. The molecule has 1 heterocycles. The number of carbonyl (C=O) groups excluding carboxylic acids is 1. The first-order valence-electron chi connectivity index (χ1n) is 3.02. The molecule has 0 bridgehead atoms. The average molecular weight is 141 g/mol. The molecule has 0 aromatic rings. The van der Waals surface area contributed by atoms with Gasteiger partial charge < -0.3 is 4.90 Å². The Kier molecular flexibility index (Phi) is 1.62. The van der Waals surface area contributed by atoms with E-state index in [1.54, 1.807) is 0 Å². The maximum Gasteiger partial charge on any atom is 0.226 e. The first kappa shape index (κ1) is 7.07. The molecule has 1 fully saturated rings. The highest BCUT2D eigenvalue weighted by molar-refractivity contribution is 5.79. The highest BCUT2D eigenvalue weighted by Gasteiger charge is 2.36. The summed E-state index contributed by atoms with van der Waals surface area (Å²) >= 11 is 0. The molecule has 0 N–H and O–H groups in total. The van der Waals surface area contributed by atoms with E-state index in [0.717, 1.165) is 4.90 Å². The first-order chi connectivity index (χ1) is 4.66. The van der Waals surface area contributed by atoms with Gasteiger partial charge in [-0.2, -0.15) is 0 Å². The van der Waals surface area contributed by atoms with Crippen molar-refractivity contribution < 1.29 is 9.18 Å². The zero-order valence-electron chi connectivity index (χ0n) is 5.67. The highest BCUT2D eigenvalue weighted by atomic mass is 19.1. The number of alkyl halides is 1. The van der Waals surface area contributed by atoms with Gasteiger partial charge in [-0.1, -0.05) is 5.92 Å². The van der Waals surface area contributed by atoms with Gasteiger partial charge in [0.15, 0.2) is 6.30 Å². The van der Waals surface area contributed by atoms with Crippen molar-refractivity contribution in [2.75, 3.05) is 7.05 Å². The number of likely N-dealkylation sites (tertiary alicyclic amines) is 1. The number of carbonyl (C=O) groups is 1. The molecule has 1 rings (SSSR count). The van der Waals surface area contributed by atoms with Crippen LogP contribution < -0.4 is 0 Å². The molecule has 2 nitrogen and oxygen atoms in total. The van der Waals surface area contributed by atoms with Gasteiger partial charge in [0.2, 0.25) is 5.91 Å². The van der Waals surface area contributed by atoms with Gasteiger partial charge in [-0.15, -0.1) is 6.42 Å². The third-order valence-corrected chi connectivity index (χ3v) is 1.70. The minimum Gasteiger partial charge on any atom is -0.315 e. The van der Waals surface area contributed by atoms with Crippen molar-refractivity contribution in [2.45, 2.75) is 12.7 Å². The summed E-state index contributed by atoms with van der Waals surface area (Å²) in [4.78, 5) is 11.8. The zero-order chi connectivity index (χ0) is 7.72. The quantitative estimate of drug-likeness (QED) is 0.353. The van der Waals surface area contributed by atoms with Gasteiger partial charge in [0, 0.05) is 13.5 Å². The van der Waals surface area contributed by atoms with Crippen LogP contribution in [0.4, 0.5) is 4.39 Å². The number of halogens is 1. The number of amides is 1. The normalized spacial score (nSPS) is 32.5. The van der Waals surface area contributed by atoms with Crippen LogP contribution in [0.25, 0.3) is 0 Å². The van der Waals surface area contributed by atoms with E-state index in [9.17, 15) is 9.18 Å². The van der Waals surface area contributed by atoms with Crippen LogP contribution in [0.15, 0.2) is 0 Å². The second kappa shape index (κ2) is 2.30. The standard InChI is InChI=1S/C7H8FNO/c1-3-5-4-6(10)9(2)7(5)8/h1,5,7H,4H2,2H3. The van der Waals surface area contributed by atoms with Gasteiger partial charge in [0.1, 0.15) is 0 Å². The van der Waals surface area contributed by atoms with Gasteiger partial charge in [0.05, 0.1) is 5.92 Å². The molecular weight excluding hydrogens is 133 g/mol. The molecule has 1 aliphatic rings. The SMILES string of the molecule is C#CC1CC(=O)N(C)C1F. The second-order valence-electron chi connectivity index (χ2n) is 2.35. The summed E-state index contributed by atoms with van der Waals surface area (Å²) < 4.78 is 12.8. The summed E-state index contributed by atoms with van der Waals surface area (Å²) in [6.07, 6.45) is 3.85. The van der Waals surface area contributed by atoms with E-state index in [1.165, 1.54) is 7.05 Å². The molecule has 0 saturated carbocycles. The first-order valence-corrected chi connectivity index (χ1v) is 3.02. The van der Waals surface area contributed by atoms with Crippen LogP contribution in [-0.4, -0.2) is 24.2 Å². The second-order valence-corrected chi connectivity index (χ2v) is 2.35. The molecule has 1 aliphatic heterocycles. The van der Waals surface area contributed by atoms with Crippen LogP contribution in [-0.2, 0) is 4.79 Å². The van der Waals surface area contributed by atoms with Crippen molar-refractivity contribution in [3.05, 3.63) is 0 Å². The predicted molar refractivity (Wildman–Crippen MR) is 34.6 cm³/mol. The van der Waals surface area contributed by atoms with E-state index in [4.69, 9.17) is 6.42 Å². The van der Waals surface area contributed by atoms with Crippen molar-refractivity contribution in [1.82, 2.24) is 4.90 Å². The molecule has 0 spiro atoms. The Morgan fingerprint density at radius 3 is 2.70 bits per heavy atom. The summed E-state index contributed by atoms with van der Waals surface area (Å²) in [7, 11) is 1.42. The van der Waals surface area contributed by atoms with Gasteiger partial charge in [-0.3, -0.25) is 4.79 Å². The lowest BCUT2D eigenvalue weighted by molar-refractivity contribution is -0.129. The average Bonchev–Trinajstić information content (AvgIpc) is 2.17. The van der Waals surface area contributed by atoms with Gasteiger partial charge in [-0.05, 0) is 0 Å². The predicted octanol–water partition coefficient (Wildman–Crippen LogP) is 0.394. The van der Waals surface area contributed by atoms with Crippen molar-refractivity contribution >= 4 is 5.91 Å². The van der Waals surface area contributed by atoms with E-state index in [-0.39, 0.29) is 12.3 Å². The number of hydrogen-bond acceptors (Lipinski definition) is 1. The molecule has 1 amide bonds. The van der Waals surface area contributed by atoms with Gasteiger partial charge in [0.25, 0.3) is 0 Å². The fraction of sp³-hybridized carbons (Fsp3) is 0.571. The Balaban J connectivity index is 2.73. The molecule has 0 aliphatic carbocycles. The topological polar surface area (TPSA) is 20.3 Å². The molecule has 2 unspecified atom stereocenters. The molecule has 1 saturated heterocycles. The fourth-order valence-electron chi connectivity index (χ4n) is 0.975. The smallest absolute Gasteiger partial charge is 0.226 e. The molecule has 3 heteroatoms. The van der Waals surface area contributed by atoms with Crippen LogP contribution in [0.3, 0.4) is 0 Å². The number of hydrogen-bond donors (Lipinski definition) is 0. The minimum absolute atomic E-state index is 0.147. The third kappa shape index (κ3) is 0.860. The lowest BCUT2D eigenvalue weighted by Gasteiger charge is -2.12. The fourth-order valence-corrected chi connectivity index (χ4v) is 0.975. The summed E-state index contributed by atoms with van der Waals surface area (Å²) in [5, 5.41) is 0. The summed E-state index contributed by atoms with van der Waals surface area (Å²) in [5.74, 6) is 1.48. The Labute approximate surface area is 59.0 Å².